The number of aryl methyl sites for hydroxylation is 1. The Kier molecular flexibility index (Phi) is 4.40. The van der Waals surface area contributed by atoms with Gasteiger partial charge in [0.15, 0.2) is 0 Å². The molecule has 0 aliphatic rings. The van der Waals surface area contributed by atoms with Crippen molar-refractivity contribution in [3.05, 3.63) is 28.8 Å². The van der Waals surface area contributed by atoms with Crippen LogP contribution in [0.1, 0.15) is 25.8 Å². The van der Waals surface area contributed by atoms with Gasteiger partial charge in [-0.1, -0.05) is 25.4 Å². The van der Waals surface area contributed by atoms with E-state index in [2.05, 4.69) is 0 Å². The van der Waals surface area contributed by atoms with Gasteiger partial charge in [0.05, 0.1) is 12.4 Å². The summed E-state index contributed by atoms with van der Waals surface area (Å²) in [4.78, 5) is 0. The van der Waals surface area contributed by atoms with Gasteiger partial charge in [-0.3, -0.25) is 5.41 Å². The Morgan fingerprint density at radius 1 is 1.47 bits per heavy atom. The number of benzene rings is 1. The summed E-state index contributed by atoms with van der Waals surface area (Å²) in [6.45, 7) is 6.35. The Labute approximate surface area is 107 Å². The van der Waals surface area contributed by atoms with Crippen LogP contribution in [0.2, 0.25) is 5.02 Å². The molecule has 3 N–H and O–H groups in total. The van der Waals surface area contributed by atoms with Gasteiger partial charge in [0, 0.05) is 10.4 Å². The fraction of sp³-hybridized carbons (Fsp3) is 0.462. The second-order valence-electron chi connectivity index (χ2n) is 4.81. The van der Waals surface area contributed by atoms with E-state index in [9.17, 15) is 0 Å². The first kappa shape index (κ1) is 13.8. The first-order valence-electron chi connectivity index (χ1n) is 5.56. The quantitative estimate of drug-likeness (QED) is 0.625. The number of amidine groups is 1. The molecule has 0 atom stereocenters. The van der Waals surface area contributed by atoms with E-state index in [1.165, 1.54) is 0 Å². The number of nitrogens with one attached hydrogen (secondary N) is 1. The summed E-state index contributed by atoms with van der Waals surface area (Å²) >= 11 is 5.93. The average Bonchev–Trinajstić information content (AvgIpc) is 2.23. The van der Waals surface area contributed by atoms with Gasteiger partial charge in [-0.2, -0.15) is 0 Å². The van der Waals surface area contributed by atoms with Gasteiger partial charge >= 0.3 is 0 Å². The van der Waals surface area contributed by atoms with E-state index in [-0.39, 0.29) is 11.3 Å². The van der Waals surface area contributed by atoms with Gasteiger partial charge < -0.3 is 10.5 Å². The molecule has 0 bridgehead atoms. The number of halogens is 1. The van der Waals surface area contributed by atoms with E-state index < -0.39 is 0 Å². The molecule has 0 aliphatic carbocycles. The molecule has 0 aliphatic heterocycles. The molecule has 1 aromatic rings. The molecular formula is C13H19ClN2O. The second kappa shape index (κ2) is 5.41. The van der Waals surface area contributed by atoms with Crippen LogP contribution in [0.5, 0.6) is 5.75 Å². The average molecular weight is 255 g/mol. The van der Waals surface area contributed by atoms with Crippen molar-refractivity contribution in [1.82, 2.24) is 0 Å². The van der Waals surface area contributed by atoms with Gasteiger partial charge in [0.25, 0.3) is 0 Å². The van der Waals surface area contributed by atoms with Crippen molar-refractivity contribution in [1.29, 1.82) is 5.41 Å². The Bertz CT molecular complexity index is 416. The summed E-state index contributed by atoms with van der Waals surface area (Å²) in [5.74, 6) is 0.986. The normalized spacial score (nSPS) is 11.3. The minimum atomic E-state index is -0.318. The molecule has 17 heavy (non-hydrogen) atoms. The maximum atomic E-state index is 7.45. The fourth-order valence-corrected chi connectivity index (χ4v) is 1.38. The first-order chi connectivity index (χ1) is 7.83. The lowest BCUT2D eigenvalue weighted by molar-refractivity contribution is 0.268. The standard InChI is InChI=1S/C13H19ClN2O/c1-9-8-10(4-5-11(9)14)17-7-6-13(2,3)12(15)16/h4-5,8H,6-7H2,1-3H3,(H3,15,16). The highest BCUT2D eigenvalue weighted by atomic mass is 35.5. The van der Waals surface area contributed by atoms with Crippen LogP contribution in [-0.2, 0) is 0 Å². The molecule has 3 nitrogen and oxygen atoms in total. The summed E-state index contributed by atoms with van der Waals surface area (Å²) in [5, 5.41) is 8.18. The fourth-order valence-electron chi connectivity index (χ4n) is 1.27. The van der Waals surface area contributed by atoms with Crippen LogP contribution in [0.15, 0.2) is 18.2 Å². The maximum Gasteiger partial charge on any atom is 0.119 e. The zero-order valence-electron chi connectivity index (χ0n) is 10.5. The lowest BCUT2D eigenvalue weighted by Crippen LogP contribution is -2.32. The number of hydrogen-bond acceptors (Lipinski definition) is 2. The molecular weight excluding hydrogens is 236 g/mol. The van der Waals surface area contributed by atoms with E-state index in [4.69, 9.17) is 27.5 Å². The third kappa shape index (κ3) is 3.93. The SMILES string of the molecule is Cc1cc(OCCC(C)(C)C(=N)N)ccc1Cl. The van der Waals surface area contributed by atoms with Crippen LogP contribution in [0, 0.1) is 17.7 Å². The van der Waals surface area contributed by atoms with Gasteiger partial charge in [-0.15, -0.1) is 0 Å². The van der Waals surface area contributed by atoms with Gasteiger partial charge in [-0.05, 0) is 37.1 Å². The minimum Gasteiger partial charge on any atom is -0.494 e. The smallest absolute Gasteiger partial charge is 0.119 e. The third-order valence-corrected chi connectivity index (χ3v) is 3.28. The molecule has 94 valence electrons. The van der Waals surface area contributed by atoms with Gasteiger partial charge in [0.1, 0.15) is 5.75 Å². The molecule has 0 heterocycles. The van der Waals surface area contributed by atoms with E-state index in [1.54, 1.807) is 0 Å². The molecule has 4 heteroatoms. The van der Waals surface area contributed by atoms with Crippen molar-refractivity contribution in [3.63, 3.8) is 0 Å². The zero-order chi connectivity index (χ0) is 13.1. The summed E-state index contributed by atoms with van der Waals surface area (Å²) in [5.41, 5.74) is 6.18. The van der Waals surface area contributed by atoms with Crippen LogP contribution in [0.3, 0.4) is 0 Å². The molecule has 0 saturated carbocycles. The summed E-state index contributed by atoms with van der Waals surface area (Å²) in [7, 11) is 0. The van der Waals surface area contributed by atoms with Crippen molar-refractivity contribution in [3.8, 4) is 5.75 Å². The highest BCUT2D eigenvalue weighted by Gasteiger charge is 2.21. The summed E-state index contributed by atoms with van der Waals surface area (Å²) in [6, 6.07) is 5.57. The number of ether oxygens (including phenoxy) is 1. The van der Waals surface area contributed by atoms with E-state index in [0.717, 1.165) is 16.3 Å². The van der Waals surface area contributed by atoms with Crippen LogP contribution in [0.4, 0.5) is 0 Å². The molecule has 1 rings (SSSR count). The van der Waals surface area contributed by atoms with Crippen LogP contribution < -0.4 is 10.5 Å². The molecule has 1 aromatic carbocycles. The molecule has 0 amide bonds. The summed E-state index contributed by atoms with van der Waals surface area (Å²) < 4.78 is 5.62. The Balaban J connectivity index is 2.51. The molecule has 0 radical (unpaired) electrons. The summed E-state index contributed by atoms with van der Waals surface area (Å²) in [6.07, 6.45) is 0.712. The van der Waals surface area contributed by atoms with Crippen LogP contribution >= 0.6 is 11.6 Å². The third-order valence-electron chi connectivity index (χ3n) is 2.85. The monoisotopic (exact) mass is 254 g/mol. The Morgan fingerprint density at radius 2 is 2.12 bits per heavy atom. The highest BCUT2D eigenvalue weighted by Crippen LogP contribution is 2.23. The Morgan fingerprint density at radius 3 is 2.65 bits per heavy atom. The number of nitrogens with two attached hydrogens (primary N) is 1. The van der Waals surface area contributed by atoms with E-state index in [1.807, 2.05) is 39.0 Å². The van der Waals surface area contributed by atoms with Crippen LogP contribution in [0.25, 0.3) is 0 Å². The van der Waals surface area contributed by atoms with Crippen molar-refractivity contribution in [2.75, 3.05) is 6.61 Å². The molecule has 0 aromatic heterocycles. The van der Waals surface area contributed by atoms with E-state index >= 15 is 0 Å². The minimum absolute atomic E-state index is 0.188. The Hall–Kier alpha value is -1.22. The number of rotatable bonds is 5. The van der Waals surface area contributed by atoms with Gasteiger partial charge in [0.2, 0.25) is 0 Å². The van der Waals surface area contributed by atoms with Gasteiger partial charge in [-0.25, -0.2) is 0 Å². The zero-order valence-corrected chi connectivity index (χ0v) is 11.3. The molecule has 0 spiro atoms. The molecule has 0 fully saturated rings. The lowest BCUT2D eigenvalue weighted by Gasteiger charge is -2.22. The largest absolute Gasteiger partial charge is 0.494 e. The van der Waals surface area contributed by atoms with Crippen LogP contribution in [-0.4, -0.2) is 12.4 Å². The highest BCUT2D eigenvalue weighted by molar-refractivity contribution is 6.31. The molecule has 0 unspecified atom stereocenters. The molecule has 0 saturated heterocycles. The second-order valence-corrected chi connectivity index (χ2v) is 5.21. The van der Waals surface area contributed by atoms with Crippen molar-refractivity contribution < 1.29 is 4.74 Å². The van der Waals surface area contributed by atoms with Crippen molar-refractivity contribution in [2.24, 2.45) is 11.1 Å². The van der Waals surface area contributed by atoms with Crippen molar-refractivity contribution in [2.45, 2.75) is 27.2 Å². The van der Waals surface area contributed by atoms with E-state index in [0.29, 0.717) is 13.0 Å². The number of hydrogen-bond donors (Lipinski definition) is 2. The predicted molar refractivity (Wildman–Crippen MR) is 72.0 cm³/mol. The topological polar surface area (TPSA) is 59.1 Å². The first-order valence-corrected chi connectivity index (χ1v) is 5.94. The predicted octanol–water partition coefficient (Wildman–Crippen LogP) is 3.38. The maximum absolute atomic E-state index is 7.45. The lowest BCUT2D eigenvalue weighted by atomic mass is 9.88. The van der Waals surface area contributed by atoms with Crippen molar-refractivity contribution >= 4 is 17.4 Å².